The first-order valence-corrected chi connectivity index (χ1v) is 6.72. The molecule has 16 heavy (non-hydrogen) atoms. The van der Waals surface area contributed by atoms with Crippen LogP contribution in [0, 0.1) is 5.92 Å². The number of nitrogens with zero attached hydrogens (tertiary/aromatic N) is 1. The molecule has 0 saturated carbocycles. The summed E-state index contributed by atoms with van der Waals surface area (Å²) in [5.74, 6) is 1.08. The molecular weight excluding hydrogens is 200 g/mol. The Kier molecular flexibility index (Phi) is 5.81. The molecular formula is C13H26N2O. The first-order valence-electron chi connectivity index (χ1n) is 6.72. The van der Waals surface area contributed by atoms with Crippen LogP contribution in [0.1, 0.15) is 52.4 Å². The van der Waals surface area contributed by atoms with Crippen LogP contribution in [0.3, 0.4) is 0 Å². The van der Waals surface area contributed by atoms with Crippen molar-refractivity contribution in [2.75, 3.05) is 13.1 Å². The molecule has 3 nitrogen and oxygen atoms in total. The number of carbonyl (C=O) groups is 1. The fraction of sp³-hybridized carbons (Fsp3) is 0.923. The topological polar surface area (TPSA) is 46.3 Å². The molecule has 0 spiro atoms. The van der Waals surface area contributed by atoms with Crippen molar-refractivity contribution in [3.05, 3.63) is 0 Å². The van der Waals surface area contributed by atoms with Gasteiger partial charge in [-0.15, -0.1) is 0 Å². The minimum absolute atomic E-state index is 0.294. The molecule has 1 aliphatic heterocycles. The standard InChI is InChI=1S/C13H26N2O/c1-3-5-6-13(16)15-8-7-11(4-2)9-12(15)10-14/h11-12H,3-10,14H2,1-2H3. The third kappa shape index (κ3) is 3.48. The van der Waals surface area contributed by atoms with Crippen LogP contribution in [-0.2, 0) is 4.79 Å². The summed E-state index contributed by atoms with van der Waals surface area (Å²) >= 11 is 0. The van der Waals surface area contributed by atoms with Crippen molar-refractivity contribution >= 4 is 5.91 Å². The Morgan fingerprint density at radius 2 is 2.19 bits per heavy atom. The summed E-state index contributed by atoms with van der Waals surface area (Å²) in [7, 11) is 0. The molecule has 0 radical (unpaired) electrons. The summed E-state index contributed by atoms with van der Waals surface area (Å²) in [5.41, 5.74) is 5.78. The van der Waals surface area contributed by atoms with Gasteiger partial charge in [-0.25, -0.2) is 0 Å². The van der Waals surface area contributed by atoms with Crippen LogP contribution in [0.25, 0.3) is 0 Å². The summed E-state index contributed by atoms with van der Waals surface area (Å²) in [6, 6.07) is 0.294. The van der Waals surface area contributed by atoms with Crippen molar-refractivity contribution in [2.24, 2.45) is 11.7 Å². The fourth-order valence-corrected chi connectivity index (χ4v) is 2.53. The molecule has 3 heteroatoms. The average Bonchev–Trinajstić information content (AvgIpc) is 2.34. The number of likely N-dealkylation sites (tertiary alicyclic amines) is 1. The van der Waals surface area contributed by atoms with E-state index in [1.807, 2.05) is 4.90 Å². The van der Waals surface area contributed by atoms with Crippen molar-refractivity contribution in [3.8, 4) is 0 Å². The predicted octanol–water partition coefficient (Wildman–Crippen LogP) is 2.15. The Hall–Kier alpha value is -0.570. The third-order valence-electron chi connectivity index (χ3n) is 3.74. The molecule has 1 rings (SSSR count). The smallest absolute Gasteiger partial charge is 0.222 e. The zero-order chi connectivity index (χ0) is 12.0. The highest BCUT2D eigenvalue weighted by Gasteiger charge is 2.29. The predicted molar refractivity (Wildman–Crippen MR) is 67.1 cm³/mol. The molecule has 0 aromatic heterocycles. The minimum Gasteiger partial charge on any atom is -0.338 e. The van der Waals surface area contributed by atoms with E-state index in [1.165, 1.54) is 6.42 Å². The summed E-state index contributed by atoms with van der Waals surface area (Å²) in [5, 5.41) is 0. The molecule has 2 atom stereocenters. The number of piperidine rings is 1. The van der Waals surface area contributed by atoms with Gasteiger partial charge in [0.15, 0.2) is 0 Å². The van der Waals surface area contributed by atoms with Gasteiger partial charge in [0, 0.05) is 25.6 Å². The van der Waals surface area contributed by atoms with Crippen LogP contribution < -0.4 is 5.73 Å². The van der Waals surface area contributed by atoms with Gasteiger partial charge in [0.1, 0.15) is 0 Å². The monoisotopic (exact) mass is 226 g/mol. The van der Waals surface area contributed by atoms with Gasteiger partial charge in [0.25, 0.3) is 0 Å². The van der Waals surface area contributed by atoms with Crippen LogP contribution >= 0.6 is 0 Å². The molecule has 1 fully saturated rings. The number of rotatable bonds is 5. The Morgan fingerprint density at radius 1 is 1.44 bits per heavy atom. The maximum absolute atomic E-state index is 12.0. The second-order valence-corrected chi connectivity index (χ2v) is 4.88. The van der Waals surface area contributed by atoms with E-state index in [0.717, 1.165) is 38.1 Å². The second kappa shape index (κ2) is 6.89. The summed E-state index contributed by atoms with van der Waals surface area (Å²) in [6.45, 7) is 5.89. The van der Waals surface area contributed by atoms with Crippen molar-refractivity contribution < 1.29 is 4.79 Å². The lowest BCUT2D eigenvalue weighted by Gasteiger charge is -2.39. The maximum Gasteiger partial charge on any atom is 0.222 e. The Bertz CT molecular complexity index is 218. The van der Waals surface area contributed by atoms with Gasteiger partial charge < -0.3 is 10.6 Å². The van der Waals surface area contributed by atoms with Crippen LogP contribution in [0.5, 0.6) is 0 Å². The van der Waals surface area contributed by atoms with Gasteiger partial charge in [-0.05, 0) is 25.2 Å². The quantitative estimate of drug-likeness (QED) is 0.781. The molecule has 94 valence electrons. The highest BCUT2D eigenvalue weighted by molar-refractivity contribution is 5.76. The normalized spacial score (nSPS) is 25.8. The number of unbranched alkanes of at least 4 members (excludes halogenated alkanes) is 1. The van der Waals surface area contributed by atoms with Crippen molar-refractivity contribution in [2.45, 2.75) is 58.4 Å². The van der Waals surface area contributed by atoms with E-state index in [0.29, 0.717) is 24.9 Å². The lowest BCUT2D eigenvalue weighted by atomic mass is 9.88. The van der Waals surface area contributed by atoms with Gasteiger partial charge in [0.05, 0.1) is 0 Å². The first-order chi connectivity index (χ1) is 7.72. The zero-order valence-corrected chi connectivity index (χ0v) is 10.7. The third-order valence-corrected chi connectivity index (χ3v) is 3.74. The van der Waals surface area contributed by atoms with Gasteiger partial charge >= 0.3 is 0 Å². The van der Waals surface area contributed by atoms with E-state index in [9.17, 15) is 4.79 Å². The zero-order valence-electron chi connectivity index (χ0n) is 10.7. The highest BCUT2D eigenvalue weighted by Crippen LogP contribution is 2.25. The van der Waals surface area contributed by atoms with Crippen molar-refractivity contribution in [3.63, 3.8) is 0 Å². The molecule has 0 aromatic carbocycles. The molecule has 0 aromatic rings. The summed E-state index contributed by atoms with van der Waals surface area (Å²) < 4.78 is 0. The Labute approximate surface area is 99.4 Å². The first kappa shape index (κ1) is 13.5. The van der Waals surface area contributed by atoms with Crippen LogP contribution in [0.2, 0.25) is 0 Å². The number of hydrogen-bond acceptors (Lipinski definition) is 2. The largest absolute Gasteiger partial charge is 0.338 e. The number of nitrogens with two attached hydrogens (primary N) is 1. The van der Waals surface area contributed by atoms with E-state index in [1.54, 1.807) is 0 Å². The van der Waals surface area contributed by atoms with E-state index in [4.69, 9.17) is 5.73 Å². The van der Waals surface area contributed by atoms with Crippen molar-refractivity contribution in [1.82, 2.24) is 4.90 Å². The van der Waals surface area contributed by atoms with E-state index in [2.05, 4.69) is 13.8 Å². The van der Waals surface area contributed by atoms with Crippen LogP contribution in [0.15, 0.2) is 0 Å². The Morgan fingerprint density at radius 3 is 2.75 bits per heavy atom. The van der Waals surface area contributed by atoms with E-state index < -0.39 is 0 Å². The molecule has 0 bridgehead atoms. The summed E-state index contributed by atoms with van der Waals surface area (Å²) in [4.78, 5) is 14.0. The fourth-order valence-electron chi connectivity index (χ4n) is 2.53. The highest BCUT2D eigenvalue weighted by atomic mass is 16.2. The average molecular weight is 226 g/mol. The lowest BCUT2D eigenvalue weighted by Crippen LogP contribution is -2.49. The van der Waals surface area contributed by atoms with Gasteiger partial charge in [0.2, 0.25) is 5.91 Å². The Balaban J connectivity index is 2.49. The van der Waals surface area contributed by atoms with Gasteiger partial charge in [-0.1, -0.05) is 26.7 Å². The van der Waals surface area contributed by atoms with Crippen molar-refractivity contribution in [1.29, 1.82) is 0 Å². The molecule has 1 heterocycles. The van der Waals surface area contributed by atoms with E-state index >= 15 is 0 Å². The van der Waals surface area contributed by atoms with E-state index in [-0.39, 0.29) is 0 Å². The summed E-state index contributed by atoms with van der Waals surface area (Å²) in [6.07, 6.45) is 6.27. The van der Waals surface area contributed by atoms with Crippen LogP contribution in [-0.4, -0.2) is 29.9 Å². The van der Waals surface area contributed by atoms with Gasteiger partial charge in [-0.3, -0.25) is 4.79 Å². The SMILES string of the molecule is CCCCC(=O)N1CCC(CC)CC1CN. The molecule has 0 aliphatic carbocycles. The van der Waals surface area contributed by atoms with Crippen LogP contribution in [0.4, 0.5) is 0 Å². The number of hydrogen-bond donors (Lipinski definition) is 1. The lowest BCUT2D eigenvalue weighted by molar-refractivity contribution is -0.135. The maximum atomic E-state index is 12.0. The number of carbonyl (C=O) groups excluding carboxylic acids is 1. The molecule has 1 saturated heterocycles. The van der Waals surface area contributed by atoms with Gasteiger partial charge in [-0.2, -0.15) is 0 Å². The molecule has 2 N–H and O–H groups in total. The number of amides is 1. The second-order valence-electron chi connectivity index (χ2n) is 4.88. The molecule has 1 amide bonds. The molecule has 1 aliphatic rings. The minimum atomic E-state index is 0.294. The molecule has 2 unspecified atom stereocenters.